The molecule has 5 rings (SSSR count). The highest BCUT2D eigenvalue weighted by Crippen LogP contribution is 2.39. The normalized spacial score (nSPS) is 30.7. The summed E-state index contributed by atoms with van der Waals surface area (Å²) in [6.07, 6.45) is 8.92. The van der Waals surface area contributed by atoms with Crippen LogP contribution in [-0.4, -0.2) is 80.8 Å². The van der Waals surface area contributed by atoms with Crippen LogP contribution in [0.3, 0.4) is 0 Å². The Bertz CT molecular complexity index is 1040. The fourth-order valence-corrected chi connectivity index (χ4v) is 6.53. The van der Waals surface area contributed by atoms with E-state index >= 15 is 0 Å². The number of halogens is 1. The Morgan fingerprint density at radius 3 is 2.94 bits per heavy atom. The van der Waals surface area contributed by atoms with Crippen molar-refractivity contribution in [2.75, 3.05) is 13.2 Å². The molecule has 0 bridgehead atoms. The number of alkyl halides is 1. The molecule has 1 amide bonds. The molecule has 0 aromatic carbocycles. The molecule has 11 heteroatoms. The van der Waals surface area contributed by atoms with Crippen molar-refractivity contribution in [3.63, 3.8) is 0 Å². The van der Waals surface area contributed by atoms with E-state index in [4.69, 9.17) is 16.3 Å². The van der Waals surface area contributed by atoms with Crippen LogP contribution in [-0.2, 0) is 14.3 Å². The Labute approximate surface area is 199 Å². The van der Waals surface area contributed by atoms with Gasteiger partial charge in [0.05, 0.1) is 40.8 Å². The number of ketones is 1. The lowest BCUT2D eigenvalue weighted by molar-refractivity contribution is -0.122. The first-order valence-electron chi connectivity index (χ1n) is 11.1. The number of Topliss-reactive ketones (excluding diaryl/α,β-unsaturated/α-hetero) is 1. The number of likely N-dealkylation sites (tertiary alicyclic amines) is 1. The minimum absolute atomic E-state index is 0.0223. The molecule has 2 unspecified atom stereocenters. The molecule has 1 N–H and O–H groups in total. The molecule has 6 atom stereocenters. The predicted molar refractivity (Wildman–Crippen MR) is 121 cm³/mol. The molecule has 0 spiro atoms. The van der Waals surface area contributed by atoms with E-state index in [1.54, 1.807) is 24.7 Å². The van der Waals surface area contributed by atoms with E-state index < -0.39 is 6.04 Å². The third-order valence-electron chi connectivity index (χ3n) is 6.84. The number of nitrogens with zero attached hydrogens (tertiary/aromatic N) is 4. The van der Waals surface area contributed by atoms with Gasteiger partial charge in [0.15, 0.2) is 10.8 Å². The molecule has 174 valence electrons. The molecular weight excluding hydrogens is 466 g/mol. The Morgan fingerprint density at radius 1 is 1.30 bits per heavy atom. The van der Waals surface area contributed by atoms with Gasteiger partial charge in [-0.3, -0.25) is 14.5 Å². The minimum Gasteiger partial charge on any atom is -0.367 e. The summed E-state index contributed by atoms with van der Waals surface area (Å²) in [5.74, 6) is -0.454. The van der Waals surface area contributed by atoms with Gasteiger partial charge in [0.2, 0.25) is 0 Å². The highest BCUT2D eigenvalue weighted by atomic mass is 35.5. The van der Waals surface area contributed by atoms with Gasteiger partial charge in [-0.15, -0.1) is 22.9 Å². The van der Waals surface area contributed by atoms with E-state index in [1.807, 2.05) is 0 Å². The van der Waals surface area contributed by atoms with E-state index in [0.29, 0.717) is 6.54 Å². The summed E-state index contributed by atoms with van der Waals surface area (Å²) >= 11 is 7.73. The van der Waals surface area contributed by atoms with Crippen molar-refractivity contribution in [2.45, 2.75) is 55.3 Å². The number of aldehydes is 1. The number of ether oxygens (including phenoxy) is 1. The largest absolute Gasteiger partial charge is 0.367 e. The monoisotopic (exact) mass is 489 g/mol. The highest BCUT2D eigenvalue weighted by molar-refractivity contribution is 7.16. The number of hydrogen-bond acceptors (Lipinski definition) is 9. The summed E-state index contributed by atoms with van der Waals surface area (Å²) in [6.45, 7) is 0.624. The molecule has 1 saturated carbocycles. The predicted octanol–water partition coefficient (Wildman–Crippen LogP) is 1.72. The van der Waals surface area contributed by atoms with Crippen LogP contribution in [0.1, 0.15) is 35.5 Å². The molecule has 2 aliphatic heterocycles. The number of amides is 1. The quantitative estimate of drug-likeness (QED) is 0.482. The Balaban J connectivity index is 1.32. The van der Waals surface area contributed by atoms with Gasteiger partial charge < -0.3 is 14.8 Å². The zero-order valence-corrected chi connectivity index (χ0v) is 19.4. The third-order valence-corrected chi connectivity index (χ3v) is 8.27. The van der Waals surface area contributed by atoms with Gasteiger partial charge in [0, 0.05) is 30.3 Å². The molecule has 3 aliphatic rings. The number of carbonyl (C=O) groups excluding carboxylic acids is 3. The summed E-state index contributed by atoms with van der Waals surface area (Å²) in [5, 5.41) is 10.5. The smallest absolute Gasteiger partial charge is 0.280 e. The summed E-state index contributed by atoms with van der Waals surface area (Å²) in [7, 11) is 0. The number of aromatic nitrogens is 3. The van der Waals surface area contributed by atoms with E-state index in [-0.39, 0.29) is 52.8 Å². The maximum atomic E-state index is 13.0. The van der Waals surface area contributed by atoms with E-state index in [2.05, 4.69) is 25.4 Å². The lowest BCUT2D eigenvalue weighted by atomic mass is 9.78. The zero-order valence-electron chi connectivity index (χ0n) is 17.8. The molecule has 1 aliphatic carbocycles. The van der Waals surface area contributed by atoms with Crippen LogP contribution in [0.5, 0.6) is 0 Å². The van der Waals surface area contributed by atoms with Crippen molar-refractivity contribution in [1.82, 2.24) is 25.4 Å². The molecule has 3 fully saturated rings. The van der Waals surface area contributed by atoms with Gasteiger partial charge in [-0.1, -0.05) is 12.8 Å². The summed E-state index contributed by atoms with van der Waals surface area (Å²) in [5.41, 5.74) is 0.823. The lowest BCUT2D eigenvalue weighted by Gasteiger charge is -2.42. The zero-order chi connectivity index (χ0) is 22.9. The van der Waals surface area contributed by atoms with Crippen molar-refractivity contribution in [3.05, 3.63) is 29.7 Å². The highest BCUT2D eigenvalue weighted by Gasteiger charge is 2.53. The number of fused-ring (bicyclic) bond motifs is 1. The molecule has 0 radical (unpaired) electrons. The second kappa shape index (κ2) is 9.54. The SMILES string of the molecule is O=CC(NC(=O)c1ncc(-c2ccnnc2)s1)C1CCCC[C@@H]1N1C[C@H](Cl)[C@H]2OCC(=O)[C@H]21. The summed E-state index contributed by atoms with van der Waals surface area (Å²) < 4.78 is 5.63. The van der Waals surface area contributed by atoms with E-state index in [9.17, 15) is 14.4 Å². The molecule has 2 aromatic heterocycles. The lowest BCUT2D eigenvalue weighted by Crippen LogP contribution is -2.55. The second-order valence-electron chi connectivity index (χ2n) is 8.71. The van der Waals surface area contributed by atoms with Crippen LogP contribution >= 0.6 is 22.9 Å². The van der Waals surface area contributed by atoms with Crippen LogP contribution in [0.15, 0.2) is 24.7 Å². The topological polar surface area (TPSA) is 114 Å². The Kier molecular flexibility index (Phi) is 6.51. The van der Waals surface area contributed by atoms with Gasteiger partial charge in [-0.25, -0.2) is 4.98 Å². The molecular formula is C22H24ClN5O4S. The van der Waals surface area contributed by atoms with Crippen LogP contribution in [0.2, 0.25) is 0 Å². The van der Waals surface area contributed by atoms with Crippen LogP contribution in [0.25, 0.3) is 10.4 Å². The van der Waals surface area contributed by atoms with E-state index in [1.165, 1.54) is 11.3 Å². The maximum Gasteiger partial charge on any atom is 0.280 e. The Hall–Kier alpha value is -2.27. The van der Waals surface area contributed by atoms with Crippen molar-refractivity contribution in [3.8, 4) is 10.4 Å². The molecule has 33 heavy (non-hydrogen) atoms. The van der Waals surface area contributed by atoms with Crippen molar-refractivity contribution >= 4 is 40.9 Å². The molecule has 9 nitrogen and oxygen atoms in total. The average molecular weight is 490 g/mol. The fraction of sp³-hybridized carbons (Fsp3) is 0.545. The first-order valence-corrected chi connectivity index (χ1v) is 12.4. The fourth-order valence-electron chi connectivity index (χ4n) is 5.35. The van der Waals surface area contributed by atoms with Crippen molar-refractivity contribution in [1.29, 1.82) is 0 Å². The third kappa shape index (κ3) is 4.32. The summed E-state index contributed by atoms with van der Waals surface area (Å²) in [4.78, 5) is 44.8. The standard InChI is InChI=1S/C22H24ClN5O4S/c23-14-9-28(19-17(30)11-32-20(14)19)16-4-2-1-3-13(16)15(10-29)27-21(31)22-24-8-18(33-22)12-5-6-25-26-7-12/h5-8,10,13-16,19-20H,1-4,9,11H2,(H,27,31)/t13?,14-,15?,16-,19+,20+/m0/s1. The van der Waals surface area contributed by atoms with Gasteiger partial charge in [-0.05, 0) is 18.9 Å². The minimum atomic E-state index is -0.678. The maximum absolute atomic E-state index is 13.0. The number of thiazole rings is 1. The first-order chi connectivity index (χ1) is 16.1. The van der Waals surface area contributed by atoms with Crippen LogP contribution in [0, 0.1) is 5.92 Å². The average Bonchev–Trinajstić information content (AvgIpc) is 3.56. The molecule has 4 heterocycles. The van der Waals surface area contributed by atoms with Crippen LogP contribution < -0.4 is 5.32 Å². The first kappa shape index (κ1) is 22.5. The number of nitrogens with one attached hydrogen (secondary N) is 1. The van der Waals surface area contributed by atoms with Crippen LogP contribution in [0.4, 0.5) is 0 Å². The Morgan fingerprint density at radius 2 is 2.15 bits per heavy atom. The van der Waals surface area contributed by atoms with Gasteiger partial charge in [0.1, 0.15) is 12.9 Å². The number of carbonyl (C=O) groups is 3. The molecule has 2 saturated heterocycles. The number of hydrogen-bond donors (Lipinski definition) is 1. The summed E-state index contributed by atoms with van der Waals surface area (Å²) in [6, 6.07) is 0.732. The van der Waals surface area contributed by atoms with Gasteiger partial charge in [0.25, 0.3) is 5.91 Å². The second-order valence-corrected chi connectivity index (χ2v) is 10.3. The van der Waals surface area contributed by atoms with E-state index in [0.717, 1.165) is 42.4 Å². The number of rotatable bonds is 6. The van der Waals surface area contributed by atoms with Crippen molar-refractivity contribution < 1.29 is 19.1 Å². The van der Waals surface area contributed by atoms with Gasteiger partial charge in [-0.2, -0.15) is 10.2 Å². The van der Waals surface area contributed by atoms with Crippen molar-refractivity contribution in [2.24, 2.45) is 5.92 Å². The van der Waals surface area contributed by atoms with Gasteiger partial charge >= 0.3 is 0 Å². The molecule has 2 aromatic rings.